The summed E-state index contributed by atoms with van der Waals surface area (Å²) < 4.78 is 16.5. The maximum Gasteiger partial charge on any atom is 0.331 e. The van der Waals surface area contributed by atoms with Crippen molar-refractivity contribution < 1.29 is 28.6 Å². The highest BCUT2D eigenvalue weighted by Gasteiger charge is 2.20. The third-order valence-electron chi connectivity index (χ3n) is 4.85. The molecule has 0 amide bonds. The first-order valence-electron chi connectivity index (χ1n) is 10.8. The Balaban J connectivity index is 2.00. The number of aryl methyl sites for hydroxylation is 1. The minimum Gasteiger partial charge on any atom is -0.490 e. The molecule has 0 aliphatic rings. The van der Waals surface area contributed by atoms with Gasteiger partial charge in [0.2, 0.25) is 5.78 Å². The quantitative estimate of drug-likeness (QED) is 0.219. The van der Waals surface area contributed by atoms with Gasteiger partial charge >= 0.3 is 5.97 Å². The minimum absolute atomic E-state index is 0.122. The van der Waals surface area contributed by atoms with Crippen LogP contribution >= 0.6 is 0 Å². The summed E-state index contributed by atoms with van der Waals surface area (Å²) in [5.41, 5.74) is 2.70. The van der Waals surface area contributed by atoms with Crippen molar-refractivity contribution in [3.05, 3.63) is 52.4 Å². The second-order valence-electron chi connectivity index (χ2n) is 7.39. The molecule has 0 aliphatic carbocycles. The smallest absolute Gasteiger partial charge is 0.331 e. The molecule has 1 N–H and O–H groups in total. The van der Waals surface area contributed by atoms with E-state index < -0.39 is 18.4 Å². The summed E-state index contributed by atoms with van der Waals surface area (Å²) in [7, 11) is 0. The van der Waals surface area contributed by atoms with Crippen LogP contribution in [0.25, 0.3) is 6.08 Å². The first kappa shape index (κ1) is 24.9. The molecule has 7 nitrogen and oxygen atoms in total. The molecule has 0 saturated heterocycles. The molecule has 0 radical (unpaired) electrons. The second-order valence-corrected chi connectivity index (χ2v) is 7.39. The van der Waals surface area contributed by atoms with Gasteiger partial charge < -0.3 is 19.2 Å². The molecule has 0 aliphatic heterocycles. The topological polar surface area (TPSA) is 94.7 Å². The van der Waals surface area contributed by atoms with Crippen molar-refractivity contribution in [2.75, 3.05) is 19.8 Å². The Bertz CT molecular complexity index is 1000. The Morgan fingerprint density at radius 1 is 1.06 bits per heavy atom. The molecule has 172 valence electrons. The molecule has 1 heterocycles. The molecular weight excluding hydrogens is 410 g/mol. The number of esters is 1. The number of rotatable bonds is 12. The Morgan fingerprint density at radius 2 is 1.81 bits per heavy atom. The summed E-state index contributed by atoms with van der Waals surface area (Å²) in [5.74, 6) is 0.100. The number of carbonyl (C=O) groups is 3. The zero-order chi connectivity index (χ0) is 23.7. The van der Waals surface area contributed by atoms with Crippen molar-refractivity contribution in [3.63, 3.8) is 0 Å². The van der Waals surface area contributed by atoms with Gasteiger partial charge in [-0.25, -0.2) is 4.79 Å². The van der Waals surface area contributed by atoms with Gasteiger partial charge in [-0.15, -0.1) is 0 Å². The van der Waals surface area contributed by atoms with Crippen LogP contribution in [0.4, 0.5) is 0 Å². The van der Waals surface area contributed by atoms with E-state index >= 15 is 0 Å². The average Bonchev–Trinajstić information content (AvgIpc) is 3.06. The number of carbonyl (C=O) groups excluding carboxylic acids is 3. The Labute approximate surface area is 188 Å². The van der Waals surface area contributed by atoms with E-state index in [4.69, 9.17) is 14.2 Å². The predicted molar refractivity (Wildman–Crippen MR) is 123 cm³/mol. The summed E-state index contributed by atoms with van der Waals surface area (Å²) in [6.07, 6.45) is 4.83. The monoisotopic (exact) mass is 441 g/mol. The molecule has 0 bridgehead atoms. The number of Topliss-reactive ketones (excluding diaryl/α,β-unsaturated/α-hetero) is 2. The molecule has 0 fully saturated rings. The van der Waals surface area contributed by atoms with E-state index in [0.29, 0.717) is 41.5 Å². The number of ether oxygens (including phenoxy) is 3. The third kappa shape index (κ3) is 6.57. The van der Waals surface area contributed by atoms with Crippen LogP contribution < -0.4 is 9.47 Å². The van der Waals surface area contributed by atoms with Gasteiger partial charge in [0, 0.05) is 17.3 Å². The molecule has 7 heteroatoms. The third-order valence-corrected chi connectivity index (χ3v) is 4.85. The maximum absolute atomic E-state index is 12.4. The van der Waals surface area contributed by atoms with Gasteiger partial charge in [0.05, 0.1) is 18.9 Å². The summed E-state index contributed by atoms with van der Waals surface area (Å²) in [6.45, 7) is 9.53. The number of aromatic amines is 1. The lowest BCUT2D eigenvalue weighted by molar-refractivity contribution is -0.136. The fourth-order valence-corrected chi connectivity index (χ4v) is 3.32. The number of nitrogens with one attached hydrogen (secondary N) is 1. The largest absolute Gasteiger partial charge is 0.490 e. The van der Waals surface area contributed by atoms with E-state index in [1.807, 2.05) is 13.0 Å². The van der Waals surface area contributed by atoms with E-state index in [-0.39, 0.29) is 11.5 Å². The van der Waals surface area contributed by atoms with E-state index in [1.54, 1.807) is 32.1 Å². The van der Waals surface area contributed by atoms with Crippen molar-refractivity contribution in [2.45, 2.75) is 47.5 Å². The second kappa shape index (κ2) is 11.9. The number of unbranched alkanes of at least 4 members (excludes halogenated alkanes) is 1. The van der Waals surface area contributed by atoms with Crippen LogP contribution in [0.15, 0.2) is 24.3 Å². The molecule has 0 atom stereocenters. The van der Waals surface area contributed by atoms with Crippen molar-refractivity contribution in [2.24, 2.45) is 0 Å². The molecule has 0 saturated carbocycles. The van der Waals surface area contributed by atoms with Gasteiger partial charge in [-0.05, 0) is 63.5 Å². The number of hydrogen-bond acceptors (Lipinski definition) is 6. The number of hydrogen-bond donors (Lipinski definition) is 1. The summed E-state index contributed by atoms with van der Waals surface area (Å²) in [6, 6.07) is 5.40. The van der Waals surface area contributed by atoms with Crippen molar-refractivity contribution in [3.8, 4) is 11.5 Å². The summed E-state index contributed by atoms with van der Waals surface area (Å²) in [5, 5.41) is 0. The first-order chi connectivity index (χ1) is 15.3. The predicted octanol–water partition coefficient (Wildman–Crippen LogP) is 4.85. The van der Waals surface area contributed by atoms with Crippen LogP contribution in [0.3, 0.4) is 0 Å². The molecule has 32 heavy (non-hydrogen) atoms. The van der Waals surface area contributed by atoms with Crippen LogP contribution in [-0.4, -0.2) is 42.3 Å². The Morgan fingerprint density at radius 3 is 2.44 bits per heavy atom. The van der Waals surface area contributed by atoms with Gasteiger partial charge in [0.1, 0.15) is 0 Å². The van der Waals surface area contributed by atoms with Crippen molar-refractivity contribution in [1.29, 1.82) is 0 Å². The van der Waals surface area contributed by atoms with Gasteiger partial charge in [-0.1, -0.05) is 19.4 Å². The fourth-order valence-electron chi connectivity index (χ4n) is 3.32. The number of H-pyrrole nitrogens is 1. The Hall–Kier alpha value is -3.35. The average molecular weight is 442 g/mol. The van der Waals surface area contributed by atoms with Crippen molar-refractivity contribution in [1.82, 2.24) is 4.98 Å². The van der Waals surface area contributed by atoms with Gasteiger partial charge in [0.15, 0.2) is 23.9 Å². The number of aromatic nitrogens is 1. The van der Waals surface area contributed by atoms with E-state index in [0.717, 1.165) is 18.4 Å². The Kier molecular flexibility index (Phi) is 9.25. The minimum atomic E-state index is -0.646. The molecule has 0 spiro atoms. The standard InChI is InChI=1S/C25H31NO6/c1-6-8-13-31-21-11-9-19(14-22(21)30-7-2)10-12-23(29)32-15-20(28)25-16(3)24(18(5)27)17(4)26-25/h9-12,14,26H,6-8,13,15H2,1-5H3. The molecule has 1 aromatic heterocycles. The van der Waals surface area contributed by atoms with Crippen LogP contribution in [0.1, 0.15) is 71.3 Å². The summed E-state index contributed by atoms with van der Waals surface area (Å²) in [4.78, 5) is 39.1. The van der Waals surface area contributed by atoms with Gasteiger partial charge in [-0.2, -0.15) is 0 Å². The molecule has 0 unspecified atom stereocenters. The maximum atomic E-state index is 12.4. The van der Waals surface area contributed by atoms with Crippen molar-refractivity contribution >= 4 is 23.6 Å². The highest BCUT2D eigenvalue weighted by Crippen LogP contribution is 2.29. The van der Waals surface area contributed by atoms with Crippen LogP contribution in [-0.2, 0) is 9.53 Å². The number of benzene rings is 1. The highest BCUT2D eigenvalue weighted by molar-refractivity contribution is 6.04. The molecule has 2 rings (SSSR count). The molecular formula is C25H31NO6. The van der Waals surface area contributed by atoms with Crippen LogP contribution in [0, 0.1) is 13.8 Å². The van der Waals surface area contributed by atoms with Crippen LogP contribution in [0.5, 0.6) is 11.5 Å². The van der Waals surface area contributed by atoms with E-state index in [1.165, 1.54) is 13.0 Å². The lowest BCUT2D eigenvalue weighted by atomic mass is 10.1. The normalized spacial score (nSPS) is 10.9. The SMILES string of the molecule is CCCCOc1ccc(C=CC(=O)OCC(=O)c2[nH]c(C)c(C(C)=O)c2C)cc1OCC. The lowest BCUT2D eigenvalue weighted by Crippen LogP contribution is -2.14. The van der Waals surface area contributed by atoms with Gasteiger partial charge in [-0.3, -0.25) is 9.59 Å². The zero-order valence-electron chi connectivity index (χ0n) is 19.4. The molecule has 2 aromatic rings. The summed E-state index contributed by atoms with van der Waals surface area (Å²) >= 11 is 0. The van der Waals surface area contributed by atoms with Gasteiger partial charge in [0.25, 0.3) is 0 Å². The zero-order valence-corrected chi connectivity index (χ0v) is 19.4. The number of ketones is 2. The van der Waals surface area contributed by atoms with E-state index in [2.05, 4.69) is 11.9 Å². The first-order valence-corrected chi connectivity index (χ1v) is 10.8. The van der Waals surface area contributed by atoms with Crippen LogP contribution in [0.2, 0.25) is 0 Å². The molecule has 1 aromatic carbocycles. The lowest BCUT2D eigenvalue weighted by Gasteiger charge is -2.12. The van der Waals surface area contributed by atoms with E-state index in [9.17, 15) is 14.4 Å². The highest BCUT2D eigenvalue weighted by atomic mass is 16.5. The fraction of sp³-hybridized carbons (Fsp3) is 0.400.